The van der Waals surface area contributed by atoms with E-state index in [1.165, 1.54) is 11.2 Å². The summed E-state index contributed by atoms with van der Waals surface area (Å²) in [6, 6.07) is 7.31. The zero-order valence-corrected chi connectivity index (χ0v) is 16.6. The lowest BCUT2D eigenvalue weighted by Crippen LogP contribution is -3.10. The Kier molecular flexibility index (Phi) is 5.14. The highest BCUT2D eigenvalue weighted by atomic mass is 16.2. The second-order valence-corrected chi connectivity index (χ2v) is 7.79. The molecule has 4 rings (SSSR count). The topological polar surface area (TPSA) is 92.8 Å². The molecular formula is C20H25N6O3+. The van der Waals surface area contributed by atoms with Crippen molar-refractivity contribution in [2.75, 3.05) is 13.7 Å². The second kappa shape index (κ2) is 7.75. The van der Waals surface area contributed by atoms with E-state index < -0.39 is 17.8 Å². The van der Waals surface area contributed by atoms with Gasteiger partial charge in [-0.05, 0) is 31.9 Å². The first-order valence-corrected chi connectivity index (χ1v) is 9.93. The minimum atomic E-state index is -0.713. The molecule has 1 aliphatic heterocycles. The van der Waals surface area contributed by atoms with Gasteiger partial charge in [0, 0.05) is 11.6 Å². The van der Waals surface area contributed by atoms with Gasteiger partial charge in [0.15, 0.2) is 6.67 Å². The SMILES string of the molecule is C[C@H](c1ccc(-n2cncn2)cc1)[NH+](C)CN1C(=O)C(=O)N(C2CCCC2)C1=O. The molecule has 9 nitrogen and oxygen atoms in total. The van der Waals surface area contributed by atoms with Crippen molar-refractivity contribution < 1.29 is 19.3 Å². The summed E-state index contributed by atoms with van der Waals surface area (Å²) in [6.45, 7) is 2.18. The number of carbonyl (C=O) groups excluding carboxylic acids is 3. The Morgan fingerprint density at radius 2 is 1.79 bits per heavy atom. The van der Waals surface area contributed by atoms with Crippen LogP contribution in [0.4, 0.5) is 4.79 Å². The van der Waals surface area contributed by atoms with Crippen LogP contribution < -0.4 is 4.90 Å². The monoisotopic (exact) mass is 397 g/mol. The number of nitrogens with one attached hydrogen (secondary N) is 1. The maximum atomic E-state index is 12.8. The molecule has 2 aromatic rings. The van der Waals surface area contributed by atoms with Gasteiger partial charge in [0.1, 0.15) is 18.7 Å². The van der Waals surface area contributed by atoms with Crippen LogP contribution in [0.3, 0.4) is 0 Å². The van der Waals surface area contributed by atoms with Crippen molar-refractivity contribution in [3.05, 3.63) is 42.5 Å². The molecule has 1 aromatic heterocycles. The van der Waals surface area contributed by atoms with Gasteiger partial charge in [0.2, 0.25) is 0 Å². The number of hydrogen-bond acceptors (Lipinski definition) is 5. The van der Waals surface area contributed by atoms with Crippen LogP contribution >= 0.6 is 0 Å². The van der Waals surface area contributed by atoms with E-state index in [1.807, 2.05) is 38.2 Å². The van der Waals surface area contributed by atoms with Crippen molar-refractivity contribution in [2.45, 2.75) is 44.7 Å². The molecule has 1 aromatic carbocycles. The Bertz CT molecular complexity index is 905. The van der Waals surface area contributed by atoms with E-state index in [2.05, 4.69) is 10.1 Å². The van der Waals surface area contributed by atoms with Crippen LogP contribution in [0.5, 0.6) is 0 Å². The van der Waals surface area contributed by atoms with Gasteiger partial charge in [0.05, 0.1) is 12.7 Å². The third-order valence-electron chi connectivity index (χ3n) is 6.00. The first-order chi connectivity index (χ1) is 14.0. The van der Waals surface area contributed by atoms with Gasteiger partial charge in [-0.25, -0.2) is 19.4 Å². The molecule has 9 heteroatoms. The van der Waals surface area contributed by atoms with Gasteiger partial charge >= 0.3 is 17.8 Å². The van der Waals surface area contributed by atoms with Crippen molar-refractivity contribution in [3.63, 3.8) is 0 Å². The number of carbonyl (C=O) groups is 3. The predicted octanol–water partition coefficient (Wildman–Crippen LogP) is 0.534. The highest BCUT2D eigenvalue weighted by Crippen LogP contribution is 2.27. The Balaban J connectivity index is 1.44. The van der Waals surface area contributed by atoms with E-state index in [0.29, 0.717) is 0 Å². The second-order valence-electron chi connectivity index (χ2n) is 7.79. The highest BCUT2D eigenvalue weighted by molar-refractivity contribution is 6.44. The summed E-state index contributed by atoms with van der Waals surface area (Å²) in [4.78, 5) is 44.7. The van der Waals surface area contributed by atoms with Crippen molar-refractivity contribution in [3.8, 4) is 5.69 Å². The molecule has 0 radical (unpaired) electrons. The van der Waals surface area contributed by atoms with E-state index in [4.69, 9.17) is 0 Å². The molecule has 2 heterocycles. The Morgan fingerprint density at radius 3 is 2.41 bits per heavy atom. The number of rotatable bonds is 6. The van der Waals surface area contributed by atoms with Crippen LogP contribution in [0.15, 0.2) is 36.9 Å². The minimum absolute atomic E-state index is 0.0241. The van der Waals surface area contributed by atoms with Crippen molar-refractivity contribution in [1.29, 1.82) is 0 Å². The van der Waals surface area contributed by atoms with E-state index in [9.17, 15) is 14.4 Å². The molecule has 152 valence electrons. The number of benzene rings is 1. The Hall–Kier alpha value is -3.07. The first kappa shape index (κ1) is 19.3. The third-order valence-corrected chi connectivity index (χ3v) is 6.00. The molecule has 4 amide bonds. The van der Waals surface area contributed by atoms with E-state index in [-0.39, 0.29) is 18.8 Å². The molecule has 2 fully saturated rings. The van der Waals surface area contributed by atoms with E-state index in [0.717, 1.165) is 46.7 Å². The summed E-state index contributed by atoms with van der Waals surface area (Å²) in [5.41, 5.74) is 1.96. The van der Waals surface area contributed by atoms with Crippen molar-refractivity contribution in [2.24, 2.45) is 0 Å². The molecule has 1 N–H and O–H groups in total. The zero-order chi connectivity index (χ0) is 20.5. The fourth-order valence-electron chi connectivity index (χ4n) is 4.07. The average molecular weight is 397 g/mol. The highest BCUT2D eigenvalue weighted by Gasteiger charge is 2.49. The van der Waals surface area contributed by atoms with E-state index >= 15 is 0 Å². The molecule has 0 bridgehead atoms. The maximum Gasteiger partial charge on any atom is 0.338 e. The van der Waals surface area contributed by atoms with Crippen LogP contribution in [0.1, 0.15) is 44.2 Å². The fraction of sp³-hybridized carbons (Fsp3) is 0.450. The molecule has 2 aliphatic rings. The quantitative estimate of drug-likeness (QED) is 0.567. The van der Waals surface area contributed by atoms with Crippen LogP contribution in [-0.4, -0.2) is 62.2 Å². The van der Waals surface area contributed by atoms with Gasteiger partial charge < -0.3 is 4.90 Å². The molecule has 29 heavy (non-hydrogen) atoms. The number of amides is 4. The first-order valence-electron chi connectivity index (χ1n) is 9.93. The van der Waals surface area contributed by atoms with Crippen LogP contribution in [0, 0.1) is 0 Å². The average Bonchev–Trinajstić information content (AvgIpc) is 3.48. The normalized spacial score (nSPS) is 20.0. The van der Waals surface area contributed by atoms with E-state index in [1.54, 1.807) is 11.0 Å². The fourth-order valence-corrected chi connectivity index (χ4v) is 4.07. The lowest BCUT2D eigenvalue weighted by molar-refractivity contribution is -0.917. The number of hydrogen-bond donors (Lipinski definition) is 1. The number of quaternary nitrogens is 1. The van der Waals surface area contributed by atoms with Crippen LogP contribution in [-0.2, 0) is 9.59 Å². The van der Waals surface area contributed by atoms with Gasteiger partial charge in [-0.1, -0.05) is 25.0 Å². The summed E-state index contributed by atoms with van der Waals surface area (Å²) in [6.07, 6.45) is 6.67. The van der Waals surface area contributed by atoms with Crippen molar-refractivity contribution >= 4 is 17.8 Å². The number of urea groups is 1. The van der Waals surface area contributed by atoms with Crippen LogP contribution in [0.25, 0.3) is 5.69 Å². The van der Waals surface area contributed by atoms with Crippen LogP contribution in [0.2, 0.25) is 0 Å². The van der Waals surface area contributed by atoms with Crippen molar-refractivity contribution in [1.82, 2.24) is 24.6 Å². The smallest absolute Gasteiger partial charge is 0.314 e. The van der Waals surface area contributed by atoms with Gasteiger partial charge in [0.25, 0.3) is 0 Å². The Morgan fingerprint density at radius 1 is 1.10 bits per heavy atom. The summed E-state index contributed by atoms with van der Waals surface area (Å²) in [7, 11) is 1.92. The summed E-state index contributed by atoms with van der Waals surface area (Å²) in [5.74, 6) is -1.39. The van der Waals surface area contributed by atoms with Gasteiger partial charge in [-0.15, -0.1) is 0 Å². The molecule has 1 aliphatic carbocycles. The summed E-state index contributed by atoms with van der Waals surface area (Å²) in [5, 5.41) is 4.11. The predicted molar refractivity (Wildman–Crippen MR) is 103 cm³/mol. The van der Waals surface area contributed by atoms with Gasteiger partial charge in [-0.2, -0.15) is 5.10 Å². The zero-order valence-electron chi connectivity index (χ0n) is 16.6. The molecule has 1 saturated carbocycles. The number of imide groups is 2. The third kappa shape index (κ3) is 3.53. The molecule has 1 saturated heterocycles. The maximum absolute atomic E-state index is 12.8. The molecule has 0 spiro atoms. The van der Waals surface area contributed by atoms with Gasteiger partial charge in [-0.3, -0.25) is 14.5 Å². The molecule has 2 atom stereocenters. The number of nitrogens with zero attached hydrogens (tertiary/aromatic N) is 5. The minimum Gasteiger partial charge on any atom is -0.314 e. The Labute approximate surface area is 168 Å². The number of aromatic nitrogens is 3. The lowest BCUT2D eigenvalue weighted by Gasteiger charge is -2.26. The molecule has 1 unspecified atom stereocenters. The summed E-state index contributed by atoms with van der Waals surface area (Å²) < 4.78 is 1.68. The molecular weight excluding hydrogens is 372 g/mol. The largest absolute Gasteiger partial charge is 0.338 e. The standard InChI is InChI=1S/C20H24N6O3/c1-14(15-7-9-16(10-8-15)25-12-21-11-22-25)23(2)13-24-18(27)19(28)26(20(24)29)17-5-3-4-6-17/h7-12,14,17H,3-6,13H2,1-2H3/p+1/t14-/m1/s1. The lowest BCUT2D eigenvalue weighted by atomic mass is 10.1. The summed E-state index contributed by atoms with van der Waals surface area (Å²) >= 11 is 0.